The van der Waals surface area contributed by atoms with Crippen molar-refractivity contribution < 1.29 is 14.3 Å². The highest BCUT2D eigenvalue weighted by atomic mass is 16.6. The zero-order valence-corrected chi connectivity index (χ0v) is 12.0. The standard InChI is InChI=1S/C14H20N4O3/c1-8-4-14(7-17-5-8,21-13(16)19)11-9-2-3-20-12(9)18-6-10(11)15/h6,8,17H,2-5,7,15H2,1H3,(H2,16,19)/t8-,14-/m1/s1. The lowest BCUT2D eigenvalue weighted by atomic mass is 9.79. The predicted molar refractivity (Wildman–Crippen MR) is 76.8 cm³/mol. The van der Waals surface area contributed by atoms with Gasteiger partial charge in [-0.05, 0) is 18.9 Å². The van der Waals surface area contributed by atoms with Gasteiger partial charge in [0.1, 0.15) is 0 Å². The average Bonchev–Trinajstić information content (AvgIpc) is 2.85. The molecular weight excluding hydrogens is 272 g/mol. The number of ether oxygens (including phenoxy) is 2. The Morgan fingerprint density at radius 2 is 2.43 bits per heavy atom. The van der Waals surface area contributed by atoms with Crippen LogP contribution in [0.15, 0.2) is 6.20 Å². The number of rotatable bonds is 2. The second kappa shape index (κ2) is 5.07. The molecule has 21 heavy (non-hydrogen) atoms. The van der Waals surface area contributed by atoms with Crippen molar-refractivity contribution in [1.82, 2.24) is 10.3 Å². The summed E-state index contributed by atoms with van der Waals surface area (Å²) in [5, 5.41) is 3.30. The second-order valence-electron chi connectivity index (χ2n) is 5.83. The number of aromatic nitrogens is 1. The molecule has 1 amide bonds. The fraction of sp³-hybridized carbons (Fsp3) is 0.571. The van der Waals surface area contributed by atoms with Crippen LogP contribution in [-0.4, -0.2) is 30.8 Å². The number of piperidine rings is 1. The van der Waals surface area contributed by atoms with Crippen molar-refractivity contribution in [3.05, 3.63) is 17.3 Å². The summed E-state index contributed by atoms with van der Waals surface area (Å²) in [5.41, 5.74) is 12.8. The van der Waals surface area contributed by atoms with Gasteiger partial charge in [0.2, 0.25) is 5.88 Å². The van der Waals surface area contributed by atoms with Gasteiger partial charge in [-0.25, -0.2) is 9.78 Å². The van der Waals surface area contributed by atoms with Crippen molar-refractivity contribution in [3.8, 4) is 5.88 Å². The second-order valence-corrected chi connectivity index (χ2v) is 5.83. The van der Waals surface area contributed by atoms with Crippen LogP contribution in [0.2, 0.25) is 0 Å². The Hall–Kier alpha value is -2.02. The first-order valence-corrected chi connectivity index (χ1v) is 7.11. The number of primary amides is 1. The van der Waals surface area contributed by atoms with Crippen LogP contribution < -0.4 is 21.5 Å². The van der Waals surface area contributed by atoms with Crippen molar-refractivity contribution in [2.45, 2.75) is 25.4 Å². The SMILES string of the molecule is C[C@H]1CNC[C@@](OC(N)=O)(c2c(N)cnc3c2CCO3)C1. The van der Waals surface area contributed by atoms with Crippen molar-refractivity contribution in [2.75, 3.05) is 25.4 Å². The monoisotopic (exact) mass is 292 g/mol. The average molecular weight is 292 g/mol. The Morgan fingerprint density at radius 3 is 3.14 bits per heavy atom. The van der Waals surface area contributed by atoms with Crippen molar-refractivity contribution >= 4 is 11.8 Å². The Labute approximate surface area is 123 Å². The molecule has 0 aliphatic carbocycles. The van der Waals surface area contributed by atoms with Gasteiger partial charge in [0.05, 0.1) is 18.5 Å². The molecule has 0 aromatic carbocycles. The normalized spacial score (nSPS) is 27.8. The minimum Gasteiger partial charge on any atom is -0.477 e. The van der Waals surface area contributed by atoms with E-state index >= 15 is 0 Å². The van der Waals surface area contributed by atoms with Gasteiger partial charge in [-0.3, -0.25) is 0 Å². The number of hydrogen-bond donors (Lipinski definition) is 3. The predicted octanol–water partition coefficient (Wildman–Crippen LogP) is 0.519. The Balaban J connectivity index is 2.13. The summed E-state index contributed by atoms with van der Waals surface area (Å²) in [6, 6.07) is 0. The van der Waals surface area contributed by atoms with Crippen LogP contribution >= 0.6 is 0 Å². The van der Waals surface area contributed by atoms with Crippen LogP contribution in [0.5, 0.6) is 5.88 Å². The number of fused-ring (bicyclic) bond motifs is 1. The summed E-state index contributed by atoms with van der Waals surface area (Å²) >= 11 is 0. The molecule has 1 saturated heterocycles. The molecule has 114 valence electrons. The van der Waals surface area contributed by atoms with Crippen LogP contribution in [0.1, 0.15) is 24.5 Å². The molecule has 1 fully saturated rings. The molecule has 0 spiro atoms. The van der Waals surface area contributed by atoms with E-state index in [2.05, 4.69) is 17.2 Å². The van der Waals surface area contributed by atoms with E-state index in [1.807, 2.05) is 0 Å². The number of carbonyl (C=O) groups is 1. The van der Waals surface area contributed by atoms with E-state index in [1.54, 1.807) is 6.20 Å². The largest absolute Gasteiger partial charge is 0.477 e. The molecular formula is C14H20N4O3. The van der Waals surface area contributed by atoms with Crippen LogP contribution in [-0.2, 0) is 16.8 Å². The van der Waals surface area contributed by atoms with E-state index < -0.39 is 11.7 Å². The number of hydrogen-bond acceptors (Lipinski definition) is 6. The summed E-state index contributed by atoms with van der Waals surface area (Å²) in [4.78, 5) is 15.7. The zero-order chi connectivity index (χ0) is 15.0. The molecule has 1 aromatic rings. The van der Waals surface area contributed by atoms with Crippen LogP contribution in [0, 0.1) is 5.92 Å². The van der Waals surface area contributed by atoms with Crippen LogP contribution in [0.4, 0.5) is 10.5 Å². The lowest BCUT2D eigenvalue weighted by Gasteiger charge is -2.40. The summed E-state index contributed by atoms with van der Waals surface area (Å²) in [7, 11) is 0. The highest BCUT2D eigenvalue weighted by molar-refractivity contribution is 5.67. The highest BCUT2D eigenvalue weighted by Gasteiger charge is 2.44. The summed E-state index contributed by atoms with van der Waals surface area (Å²) in [5.74, 6) is 0.911. The highest BCUT2D eigenvalue weighted by Crippen LogP contribution is 2.43. The zero-order valence-electron chi connectivity index (χ0n) is 12.0. The molecule has 7 heteroatoms. The number of nitrogens with one attached hydrogen (secondary N) is 1. The van der Waals surface area contributed by atoms with Crippen LogP contribution in [0.25, 0.3) is 0 Å². The molecule has 0 bridgehead atoms. The molecule has 2 aliphatic heterocycles. The summed E-state index contributed by atoms with van der Waals surface area (Å²) in [6.07, 6.45) is 2.14. The Kier molecular flexibility index (Phi) is 3.36. The van der Waals surface area contributed by atoms with Crippen molar-refractivity contribution in [2.24, 2.45) is 11.7 Å². The topological polar surface area (TPSA) is 112 Å². The number of anilines is 1. The summed E-state index contributed by atoms with van der Waals surface area (Å²) in [6.45, 7) is 4.02. The van der Waals surface area contributed by atoms with Gasteiger partial charge in [-0.15, -0.1) is 0 Å². The third-order valence-electron chi connectivity index (χ3n) is 4.09. The number of nitrogens with zero attached hydrogens (tertiary/aromatic N) is 1. The van der Waals surface area contributed by atoms with Gasteiger partial charge in [0, 0.05) is 24.1 Å². The molecule has 0 saturated carbocycles. The Morgan fingerprint density at radius 1 is 1.62 bits per heavy atom. The lowest BCUT2D eigenvalue weighted by molar-refractivity contribution is -0.0192. The minimum atomic E-state index is -0.853. The number of carbonyl (C=O) groups excluding carboxylic acids is 1. The fourth-order valence-corrected chi connectivity index (χ4v) is 3.44. The fourth-order valence-electron chi connectivity index (χ4n) is 3.44. The molecule has 2 atom stereocenters. The number of nitrogens with two attached hydrogens (primary N) is 2. The maximum absolute atomic E-state index is 11.4. The molecule has 0 unspecified atom stereocenters. The molecule has 0 radical (unpaired) electrons. The third-order valence-corrected chi connectivity index (χ3v) is 4.09. The molecule has 3 rings (SSSR count). The van der Waals surface area contributed by atoms with Gasteiger partial charge in [0.25, 0.3) is 0 Å². The van der Waals surface area contributed by atoms with E-state index in [1.165, 1.54) is 0 Å². The van der Waals surface area contributed by atoms with Gasteiger partial charge >= 0.3 is 6.09 Å². The molecule has 7 nitrogen and oxygen atoms in total. The third kappa shape index (κ3) is 2.37. The van der Waals surface area contributed by atoms with Gasteiger partial charge in [-0.1, -0.05) is 6.92 Å². The quantitative estimate of drug-likeness (QED) is 0.732. The summed E-state index contributed by atoms with van der Waals surface area (Å²) < 4.78 is 11.1. The maximum Gasteiger partial charge on any atom is 0.405 e. The molecule has 5 N–H and O–H groups in total. The van der Waals surface area contributed by atoms with E-state index in [-0.39, 0.29) is 0 Å². The minimum absolute atomic E-state index is 0.337. The van der Waals surface area contributed by atoms with E-state index in [9.17, 15) is 4.79 Å². The first kappa shape index (κ1) is 13.9. The van der Waals surface area contributed by atoms with Crippen molar-refractivity contribution in [1.29, 1.82) is 0 Å². The maximum atomic E-state index is 11.4. The van der Waals surface area contributed by atoms with E-state index in [4.69, 9.17) is 20.9 Å². The van der Waals surface area contributed by atoms with Gasteiger partial charge < -0.3 is 26.3 Å². The number of amides is 1. The van der Waals surface area contributed by atoms with Crippen LogP contribution in [0.3, 0.4) is 0 Å². The number of nitrogen functional groups attached to an aromatic ring is 1. The number of pyridine rings is 1. The molecule has 3 heterocycles. The smallest absolute Gasteiger partial charge is 0.405 e. The van der Waals surface area contributed by atoms with Crippen molar-refractivity contribution in [3.63, 3.8) is 0 Å². The van der Waals surface area contributed by atoms with Gasteiger partial charge in [0.15, 0.2) is 5.60 Å². The Bertz CT molecular complexity index is 578. The lowest BCUT2D eigenvalue weighted by Crippen LogP contribution is -2.51. The first-order chi connectivity index (χ1) is 10.0. The first-order valence-electron chi connectivity index (χ1n) is 7.11. The molecule has 2 aliphatic rings. The van der Waals surface area contributed by atoms with E-state index in [0.29, 0.717) is 43.5 Å². The van der Waals surface area contributed by atoms with Gasteiger partial charge in [-0.2, -0.15) is 0 Å². The molecule has 1 aromatic heterocycles. The van der Waals surface area contributed by atoms with E-state index in [0.717, 1.165) is 17.7 Å².